The first-order chi connectivity index (χ1) is 9.49. The number of hydrogen-bond donors (Lipinski definition) is 2. The molecule has 0 aliphatic heterocycles. The van der Waals surface area contributed by atoms with E-state index in [4.69, 9.17) is 4.42 Å². The highest BCUT2D eigenvalue weighted by Crippen LogP contribution is 2.20. The van der Waals surface area contributed by atoms with Crippen LogP contribution < -0.4 is 5.32 Å². The van der Waals surface area contributed by atoms with Gasteiger partial charge >= 0.3 is 0 Å². The summed E-state index contributed by atoms with van der Waals surface area (Å²) in [6.07, 6.45) is -0.737. The van der Waals surface area contributed by atoms with Crippen molar-refractivity contribution in [3.05, 3.63) is 57.5 Å². The second-order valence-corrected chi connectivity index (χ2v) is 5.43. The van der Waals surface area contributed by atoms with Crippen LogP contribution >= 0.6 is 15.9 Å². The molecule has 5 heteroatoms. The average molecular weight is 338 g/mol. The van der Waals surface area contributed by atoms with Crippen molar-refractivity contribution in [3.63, 3.8) is 0 Å². The standard InChI is InChI=1S/C15H16BrNO3/c1-9-5-3-4-6-11(9)12(18)8-17-15(19)14-10(2)7-13(16)20-14/h3-7,12,18H,8H2,1-2H3,(H,17,19). The molecule has 1 atom stereocenters. The molecule has 0 aliphatic rings. The lowest BCUT2D eigenvalue weighted by molar-refractivity contribution is 0.0886. The highest BCUT2D eigenvalue weighted by molar-refractivity contribution is 9.10. The maximum absolute atomic E-state index is 12.0. The molecule has 1 unspecified atom stereocenters. The van der Waals surface area contributed by atoms with Crippen LogP contribution in [0.5, 0.6) is 0 Å². The summed E-state index contributed by atoms with van der Waals surface area (Å²) in [6, 6.07) is 9.27. The number of amides is 1. The van der Waals surface area contributed by atoms with Gasteiger partial charge < -0.3 is 14.8 Å². The molecule has 1 aromatic carbocycles. The van der Waals surface area contributed by atoms with Gasteiger partial charge in [-0.15, -0.1) is 0 Å². The van der Waals surface area contributed by atoms with Gasteiger partial charge in [0.1, 0.15) is 0 Å². The lowest BCUT2D eigenvalue weighted by Gasteiger charge is -2.14. The highest BCUT2D eigenvalue weighted by Gasteiger charge is 2.17. The fourth-order valence-corrected chi connectivity index (χ4v) is 2.51. The molecule has 1 amide bonds. The lowest BCUT2D eigenvalue weighted by atomic mass is 10.0. The van der Waals surface area contributed by atoms with Crippen molar-refractivity contribution in [2.45, 2.75) is 20.0 Å². The molecular formula is C15H16BrNO3. The Hall–Kier alpha value is -1.59. The summed E-state index contributed by atoms with van der Waals surface area (Å²) in [7, 11) is 0. The first-order valence-corrected chi connectivity index (χ1v) is 7.06. The summed E-state index contributed by atoms with van der Waals surface area (Å²) >= 11 is 3.18. The van der Waals surface area contributed by atoms with Crippen molar-refractivity contribution < 1.29 is 14.3 Å². The van der Waals surface area contributed by atoms with Crippen molar-refractivity contribution in [2.24, 2.45) is 0 Å². The SMILES string of the molecule is Cc1ccccc1C(O)CNC(=O)c1oc(Br)cc1C. The minimum atomic E-state index is -0.737. The van der Waals surface area contributed by atoms with Gasteiger partial charge in [-0.25, -0.2) is 0 Å². The highest BCUT2D eigenvalue weighted by atomic mass is 79.9. The van der Waals surface area contributed by atoms with Gasteiger partial charge in [0.15, 0.2) is 10.4 Å². The Morgan fingerprint density at radius 2 is 2.05 bits per heavy atom. The third kappa shape index (κ3) is 3.29. The van der Waals surface area contributed by atoms with Crippen molar-refractivity contribution in [3.8, 4) is 0 Å². The monoisotopic (exact) mass is 337 g/mol. The lowest BCUT2D eigenvalue weighted by Crippen LogP contribution is -2.28. The Morgan fingerprint density at radius 1 is 1.35 bits per heavy atom. The molecule has 0 fully saturated rings. The van der Waals surface area contributed by atoms with E-state index in [1.54, 1.807) is 13.0 Å². The Bertz CT molecular complexity index is 621. The summed E-state index contributed by atoms with van der Waals surface area (Å²) in [5.74, 6) is -0.0744. The average Bonchev–Trinajstić information content (AvgIpc) is 2.75. The van der Waals surface area contributed by atoms with Gasteiger partial charge in [0.2, 0.25) is 0 Å². The number of aliphatic hydroxyl groups excluding tert-OH is 1. The second kappa shape index (κ2) is 6.24. The Kier molecular flexibility index (Phi) is 4.62. The van der Waals surface area contributed by atoms with E-state index < -0.39 is 6.10 Å². The van der Waals surface area contributed by atoms with E-state index in [1.165, 1.54) is 0 Å². The van der Waals surface area contributed by atoms with E-state index in [2.05, 4.69) is 21.2 Å². The van der Waals surface area contributed by atoms with Gasteiger partial charge in [-0.3, -0.25) is 4.79 Å². The van der Waals surface area contributed by atoms with Crippen LogP contribution in [-0.2, 0) is 0 Å². The number of rotatable bonds is 4. The maximum atomic E-state index is 12.0. The summed E-state index contributed by atoms with van der Waals surface area (Å²) in [4.78, 5) is 12.0. The molecular weight excluding hydrogens is 322 g/mol. The molecule has 0 spiro atoms. The fraction of sp³-hybridized carbons (Fsp3) is 0.267. The third-order valence-electron chi connectivity index (χ3n) is 3.10. The van der Waals surface area contributed by atoms with Gasteiger partial charge in [-0.2, -0.15) is 0 Å². The van der Waals surface area contributed by atoms with Crippen molar-refractivity contribution in [2.75, 3.05) is 6.54 Å². The zero-order valence-electron chi connectivity index (χ0n) is 11.3. The van der Waals surface area contributed by atoms with Gasteiger partial charge in [0.05, 0.1) is 6.10 Å². The summed E-state index contributed by atoms with van der Waals surface area (Å²) < 4.78 is 5.77. The van der Waals surface area contributed by atoms with E-state index in [1.807, 2.05) is 31.2 Å². The molecule has 0 bridgehead atoms. The molecule has 2 aromatic rings. The smallest absolute Gasteiger partial charge is 0.287 e. The number of aryl methyl sites for hydroxylation is 2. The zero-order chi connectivity index (χ0) is 14.7. The van der Waals surface area contributed by atoms with Crippen molar-refractivity contribution in [1.82, 2.24) is 5.32 Å². The van der Waals surface area contributed by atoms with Crippen LogP contribution in [0.15, 0.2) is 39.4 Å². The van der Waals surface area contributed by atoms with Gasteiger partial charge in [-0.05, 0) is 47.0 Å². The molecule has 1 aromatic heterocycles. The molecule has 2 rings (SSSR count). The van der Waals surface area contributed by atoms with E-state index in [0.29, 0.717) is 4.67 Å². The normalized spacial score (nSPS) is 12.2. The van der Waals surface area contributed by atoms with Crippen molar-refractivity contribution in [1.29, 1.82) is 0 Å². The largest absolute Gasteiger partial charge is 0.444 e. The van der Waals surface area contributed by atoms with E-state index in [0.717, 1.165) is 16.7 Å². The van der Waals surface area contributed by atoms with Crippen LogP contribution in [0.1, 0.15) is 33.3 Å². The van der Waals surface area contributed by atoms with Crippen LogP contribution in [0.3, 0.4) is 0 Å². The number of benzene rings is 1. The first-order valence-electron chi connectivity index (χ1n) is 6.26. The molecule has 1 heterocycles. The molecule has 0 saturated carbocycles. The third-order valence-corrected chi connectivity index (χ3v) is 3.49. The second-order valence-electron chi connectivity index (χ2n) is 4.65. The number of hydrogen-bond acceptors (Lipinski definition) is 3. The summed E-state index contributed by atoms with van der Waals surface area (Å²) in [5, 5.41) is 12.8. The van der Waals surface area contributed by atoms with Crippen LogP contribution in [0.4, 0.5) is 0 Å². The minimum Gasteiger partial charge on any atom is -0.444 e. The van der Waals surface area contributed by atoms with Gasteiger partial charge in [0.25, 0.3) is 5.91 Å². The quantitative estimate of drug-likeness (QED) is 0.900. The van der Waals surface area contributed by atoms with Crippen molar-refractivity contribution >= 4 is 21.8 Å². The minimum absolute atomic E-state index is 0.140. The maximum Gasteiger partial charge on any atom is 0.287 e. The molecule has 0 aliphatic carbocycles. The molecule has 2 N–H and O–H groups in total. The molecule has 0 radical (unpaired) electrons. The number of halogens is 1. The van der Waals surface area contributed by atoms with E-state index >= 15 is 0 Å². The number of carbonyl (C=O) groups is 1. The number of furan rings is 1. The number of nitrogens with one attached hydrogen (secondary N) is 1. The van der Waals surface area contributed by atoms with Crippen LogP contribution in [-0.4, -0.2) is 17.6 Å². The van der Waals surface area contributed by atoms with Crippen LogP contribution in [0, 0.1) is 13.8 Å². The number of carbonyl (C=O) groups excluding carboxylic acids is 1. The first kappa shape index (κ1) is 14.8. The van der Waals surface area contributed by atoms with Gasteiger partial charge in [0, 0.05) is 12.1 Å². The van der Waals surface area contributed by atoms with Crippen LogP contribution in [0.25, 0.3) is 0 Å². The Morgan fingerprint density at radius 3 is 2.65 bits per heavy atom. The zero-order valence-corrected chi connectivity index (χ0v) is 12.9. The predicted molar refractivity (Wildman–Crippen MR) is 79.6 cm³/mol. The number of aliphatic hydroxyl groups is 1. The molecule has 0 saturated heterocycles. The molecule has 4 nitrogen and oxygen atoms in total. The topological polar surface area (TPSA) is 62.5 Å². The van der Waals surface area contributed by atoms with E-state index in [-0.39, 0.29) is 18.2 Å². The van der Waals surface area contributed by atoms with Crippen LogP contribution in [0.2, 0.25) is 0 Å². The molecule has 20 heavy (non-hydrogen) atoms. The van der Waals surface area contributed by atoms with E-state index in [9.17, 15) is 9.90 Å². The fourth-order valence-electron chi connectivity index (χ4n) is 2.01. The summed E-state index contributed by atoms with van der Waals surface area (Å²) in [6.45, 7) is 3.86. The Labute approximate surface area is 125 Å². The van der Waals surface area contributed by atoms with Gasteiger partial charge in [-0.1, -0.05) is 24.3 Å². The predicted octanol–water partition coefficient (Wildman–Crippen LogP) is 3.12. The molecule has 106 valence electrons. The summed E-state index contributed by atoms with van der Waals surface area (Å²) in [5.41, 5.74) is 2.55. The Balaban J connectivity index is 2.00.